The normalized spacial score (nSPS) is 15.3. The molecule has 1 aromatic rings. The number of pyridine rings is 1. The lowest BCUT2D eigenvalue weighted by molar-refractivity contribution is -0.213. The molecule has 1 unspecified atom stereocenters. The molecule has 4 nitrogen and oxygen atoms in total. The number of carboxylic acid groups (broad SMARTS) is 1. The number of hydrogen-bond donors (Lipinski definition) is 1. The van der Waals surface area contributed by atoms with E-state index < -0.39 is 24.4 Å². The van der Waals surface area contributed by atoms with Crippen molar-refractivity contribution in [1.29, 1.82) is 0 Å². The number of hydrogen-bond acceptors (Lipinski definition) is 3. The molecule has 94 valence electrons. The molecule has 0 saturated heterocycles. The summed E-state index contributed by atoms with van der Waals surface area (Å²) in [5.41, 5.74) is -2.20. The number of carboxylic acids is 1. The van der Waals surface area contributed by atoms with Crippen LogP contribution in [0.4, 0.5) is 13.2 Å². The summed E-state index contributed by atoms with van der Waals surface area (Å²) < 4.78 is 40.5. The predicted octanol–water partition coefficient (Wildman–Crippen LogP) is 1.96. The van der Waals surface area contributed by atoms with Crippen molar-refractivity contribution < 1.29 is 27.8 Å². The van der Waals surface area contributed by atoms with Gasteiger partial charge in [0.2, 0.25) is 5.60 Å². The van der Waals surface area contributed by atoms with Crippen LogP contribution in [0.2, 0.25) is 0 Å². The van der Waals surface area contributed by atoms with Crippen LogP contribution in [0.15, 0.2) is 24.4 Å². The van der Waals surface area contributed by atoms with Crippen molar-refractivity contribution in [2.75, 3.05) is 6.61 Å². The van der Waals surface area contributed by atoms with E-state index >= 15 is 0 Å². The zero-order valence-electron chi connectivity index (χ0n) is 8.86. The van der Waals surface area contributed by atoms with Crippen LogP contribution in [-0.2, 0) is 15.1 Å². The molecule has 0 aliphatic carbocycles. The van der Waals surface area contributed by atoms with Crippen molar-refractivity contribution in [3.63, 3.8) is 0 Å². The van der Waals surface area contributed by atoms with Gasteiger partial charge in [0.05, 0.1) is 5.69 Å². The molecule has 1 heterocycles. The van der Waals surface area contributed by atoms with E-state index in [9.17, 15) is 18.0 Å². The molecule has 0 saturated carbocycles. The molecule has 0 aliphatic rings. The summed E-state index contributed by atoms with van der Waals surface area (Å²) in [5.74, 6) is -1.53. The minimum absolute atomic E-state index is 0.0863. The van der Waals surface area contributed by atoms with E-state index in [1.54, 1.807) is 0 Å². The average Bonchev–Trinajstić information content (AvgIpc) is 2.26. The summed E-state index contributed by atoms with van der Waals surface area (Å²) in [6.45, 7) is -0.615. The number of alkyl halides is 3. The van der Waals surface area contributed by atoms with Crippen molar-refractivity contribution in [3.05, 3.63) is 30.1 Å². The number of aromatic nitrogens is 1. The lowest BCUT2D eigenvalue weighted by Gasteiger charge is -2.25. The molecule has 0 spiro atoms. The van der Waals surface area contributed by atoms with Gasteiger partial charge in [0.15, 0.2) is 0 Å². The Morgan fingerprint density at radius 1 is 1.47 bits per heavy atom. The smallest absolute Gasteiger partial charge is 0.411 e. The molecule has 0 amide bonds. The van der Waals surface area contributed by atoms with Crippen LogP contribution < -0.4 is 0 Å². The first-order valence-electron chi connectivity index (χ1n) is 4.61. The van der Waals surface area contributed by atoms with Gasteiger partial charge in [-0.05, 0) is 19.1 Å². The zero-order chi connectivity index (χ0) is 13.1. The molecule has 0 bridgehead atoms. The first-order chi connectivity index (χ1) is 7.76. The summed E-state index contributed by atoms with van der Waals surface area (Å²) >= 11 is 0. The molecule has 17 heavy (non-hydrogen) atoms. The second kappa shape index (κ2) is 4.70. The third-order valence-electron chi connectivity index (χ3n) is 2.09. The molecule has 0 fully saturated rings. The second-order valence-electron chi connectivity index (χ2n) is 3.46. The van der Waals surface area contributed by atoms with Crippen LogP contribution in [-0.4, -0.2) is 28.8 Å². The number of halogens is 3. The average molecular weight is 249 g/mol. The number of aliphatic carboxylic acids is 1. The van der Waals surface area contributed by atoms with Gasteiger partial charge in [-0.25, -0.2) is 4.79 Å². The lowest BCUT2D eigenvalue weighted by atomic mass is 10.0. The fourth-order valence-corrected chi connectivity index (χ4v) is 1.12. The zero-order valence-corrected chi connectivity index (χ0v) is 8.86. The maximum atomic E-state index is 12.0. The van der Waals surface area contributed by atoms with E-state index in [-0.39, 0.29) is 5.69 Å². The van der Waals surface area contributed by atoms with Gasteiger partial charge in [-0.15, -0.1) is 0 Å². The quantitative estimate of drug-likeness (QED) is 0.886. The Bertz CT molecular complexity index is 394. The van der Waals surface area contributed by atoms with Crippen LogP contribution in [0.1, 0.15) is 12.6 Å². The molecule has 1 atom stereocenters. The Kier molecular flexibility index (Phi) is 3.72. The first-order valence-corrected chi connectivity index (χ1v) is 4.61. The second-order valence-corrected chi connectivity index (χ2v) is 3.46. The molecular formula is C10H10F3NO3. The lowest BCUT2D eigenvalue weighted by Crippen LogP contribution is -2.39. The van der Waals surface area contributed by atoms with E-state index in [1.165, 1.54) is 24.4 Å². The van der Waals surface area contributed by atoms with Crippen LogP contribution in [0.5, 0.6) is 0 Å². The molecule has 0 aliphatic heterocycles. The van der Waals surface area contributed by atoms with E-state index in [1.807, 2.05) is 0 Å². The highest BCUT2D eigenvalue weighted by molar-refractivity contribution is 5.78. The Morgan fingerprint density at radius 2 is 2.12 bits per heavy atom. The Labute approximate surface area is 95.0 Å². The van der Waals surface area contributed by atoms with Gasteiger partial charge in [-0.3, -0.25) is 4.98 Å². The standard InChI is InChI=1S/C10H10F3NO3/c1-9(8(15)16,17-6-10(11,12)13)7-4-2-3-5-14-7/h2-5H,6H2,1H3,(H,15,16). The summed E-state index contributed by atoms with van der Waals surface area (Å²) in [4.78, 5) is 14.7. The molecule has 0 radical (unpaired) electrons. The monoisotopic (exact) mass is 249 g/mol. The number of carbonyl (C=O) groups is 1. The van der Waals surface area contributed by atoms with Gasteiger partial charge < -0.3 is 9.84 Å². The topological polar surface area (TPSA) is 59.4 Å². The van der Waals surface area contributed by atoms with Crippen LogP contribution in [0, 0.1) is 0 Å². The first kappa shape index (κ1) is 13.4. The Balaban J connectivity index is 2.95. The van der Waals surface area contributed by atoms with Crippen molar-refractivity contribution in [1.82, 2.24) is 4.98 Å². The van der Waals surface area contributed by atoms with Gasteiger partial charge in [0.25, 0.3) is 0 Å². The number of rotatable bonds is 4. The Morgan fingerprint density at radius 3 is 2.53 bits per heavy atom. The number of nitrogens with zero attached hydrogens (tertiary/aromatic N) is 1. The summed E-state index contributed by atoms with van der Waals surface area (Å²) in [5, 5.41) is 8.95. The van der Waals surface area contributed by atoms with Crippen LogP contribution >= 0.6 is 0 Å². The highest BCUT2D eigenvalue weighted by atomic mass is 19.4. The van der Waals surface area contributed by atoms with Crippen molar-refractivity contribution in [2.24, 2.45) is 0 Å². The molecule has 1 aromatic heterocycles. The minimum Gasteiger partial charge on any atom is -0.479 e. The summed E-state index contributed by atoms with van der Waals surface area (Å²) in [6.07, 6.45) is -3.31. The predicted molar refractivity (Wildman–Crippen MR) is 51.2 cm³/mol. The SMILES string of the molecule is CC(OCC(F)(F)F)(C(=O)O)c1ccccn1. The molecule has 7 heteroatoms. The van der Waals surface area contributed by atoms with E-state index in [0.29, 0.717) is 0 Å². The van der Waals surface area contributed by atoms with E-state index in [2.05, 4.69) is 9.72 Å². The van der Waals surface area contributed by atoms with E-state index in [0.717, 1.165) is 6.92 Å². The van der Waals surface area contributed by atoms with Crippen molar-refractivity contribution in [2.45, 2.75) is 18.7 Å². The Hall–Kier alpha value is -1.63. The minimum atomic E-state index is -4.59. The van der Waals surface area contributed by atoms with Gasteiger partial charge in [0.1, 0.15) is 6.61 Å². The summed E-state index contributed by atoms with van der Waals surface area (Å²) in [7, 11) is 0. The fraction of sp³-hybridized carbons (Fsp3) is 0.400. The third kappa shape index (κ3) is 3.42. The fourth-order valence-electron chi connectivity index (χ4n) is 1.12. The van der Waals surface area contributed by atoms with Crippen molar-refractivity contribution >= 4 is 5.97 Å². The largest absolute Gasteiger partial charge is 0.479 e. The van der Waals surface area contributed by atoms with E-state index in [4.69, 9.17) is 5.11 Å². The highest BCUT2D eigenvalue weighted by Gasteiger charge is 2.41. The van der Waals surface area contributed by atoms with Gasteiger partial charge in [-0.2, -0.15) is 13.2 Å². The maximum absolute atomic E-state index is 12.0. The highest BCUT2D eigenvalue weighted by Crippen LogP contribution is 2.27. The van der Waals surface area contributed by atoms with Gasteiger partial charge in [0, 0.05) is 6.20 Å². The molecular weight excluding hydrogens is 239 g/mol. The van der Waals surface area contributed by atoms with Crippen LogP contribution in [0.25, 0.3) is 0 Å². The van der Waals surface area contributed by atoms with Gasteiger partial charge >= 0.3 is 12.1 Å². The van der Waals surface area contributed by atoms with Crippen LogP contribution in [0.3, 0.4) is 0 Å². The number of ether oxygens (including phenoxy) is 1. The maximum Gasteiger partial charge on any atom is 0.411 e. The third-order valence-corrected chi connectivity index (χ3v) is 2.09. The summed E-state index contributed by atoms with van der Waals surface area (Å²) in [6, 6.07) is 4.29. The molecule has 1 rings (SSSR count). The molecule has 1 N–H and O–H groups in total. The van der Waals surface area contributed by atoms with Gasteiger partial charge in [-0.1, -0.05) is 6.07 Å². The van der Waals surface area contributed by atoms with Crippen molar-refractivity contribution in [3.8, 4) is 0 Å². The molecule has 0 aromatic carbocycles.